The standard InChI is InChI=1S/C6H15NO3.C3H9NO/c8-4-1-7(2-5-9)3-6-10;1-3(5)2-4/h8-10H,1-6H2;3,5H,2,4H2,1H3. The number of nitrogens with zero attached hydrogens (tertiary/aromatic N) is 1. The van der Waals surface area contributed by atoms with Crippen LogP contribution in [0.2, 0.25) is 0 Å². The van der Waals surface area contributed by atoms with E-state index in [9.17, 15) is 0 Å². The molecule has 94 valence electrons. The van der Waals surface area contributed by atoms with Crippen LogP contribution in [0.3, 0.4) is 0 Å². The monoisotopic (exact) mass is 224 g/mol. The van der Waals surface area contributed by atoms with E-state index in [1.165, 1.54) is 0 Å². The summed E-state index contributed by atoms with van der Waals surface area (Å²) >= 11 is 0. The minimum absolute atomic E-state index is 0.0694. The molecule has 6 nitrogen and oxygen atoms in total. The molecule has 0 saturated carbocycles. The van der Waals surface area contributed by atoms with Gasteiger partial charge in [-0.25, -0.2) is 0 Å². The fraction of sp³-hybridized carbons (Fsp3) is 1.00. The van der Waals surface area contributed by atoms with Gasteiger partial charge in [0.2, 0.25) is 0 Å². The zero-order valence-electron chi connectivity index (χ0n) is 9.34. The van der Waals surface area contributed by atoms with Crippen molar-refractivity contribution < 1.29 is 20.4 Å². The van der Waals surface area contributed by atoms with E-state index in [-0.39, 0.29) is 25.9 Å². The van der Waals surface area contributed by atoms with Crippen molar-refractivity contribution in [1.29, 1.82) is 0 Å². The summed E-state index contributed by atoms with van der Waals surface area (Å²) in [6.45, 7) is 3.77. The highest BCUT2D eigenvalue weighted by Gasteiger charge is 2.00. The summed E-state index contributed by atoms with van der Waals surface area (Å²) in [6, 6.07) is 0. The molecule has 0 spiro atoms. The first-order valence-corrected chi connectivity index (χ1v) is 5.05. The van der Waals surface area contributed by atoms with Crippen LogP contribution in [0, 0.1) is 0 Å². The second-order valence-electron chi connectivity index (χ2n) is 3.10. The smallest absolute Gasteiger partial charge is 0.0634 e. The maximum Gasteiger partial charge on any atom is 0.0634 e. The van der Waals surface area contributed by atoms with Crippen LogP contribution >= 0.6 is 0 Å². The molecule has 0 aliphatic carbocycles. The van der Waals surface area contributed by atoms with E-state index < -0.39 is 0 Å². The Labute approximate surface area is 90.9 Å². The van der Waals surface area contributed by atoms with Crippen molar-refractivity contribution in [2.45, 2.75) is 13.0 Å². The van der Waals surface area contributed by atoms with E-state index in [1.807, 2.05) is 0 Å². The van der Waals surface area contributed by atoms with Crippen molar-refractivity contribution in [2.75, 3.05) is 46.0 Å². The van der Waals surface area contributed by atoms with E-state index in [0.29, 0.717) is 26.2 Å². The van der Waals surface area contributed by atoms with Gasteiger partial charge in [-0.15, -0.1) is 0 Å². The lowest BCUT2D eigenvalue weighted by Crippen LogP contribution is -2.32. The van der Waals surface area contributed by atoms with E-state index >= 15 is 0 Å². The summed E-state index contributed by atoms with van der Waals surface area (Å²) in [5.74, 6) is 0. The molecule has 6 heteroatoms. The minimum atomic E-state index is -0.338. The highest BCUT2D eigenvalue weighted by Crippen LogP contribution is 1.84. The SMILES string of the molecule is CC(O)CN.OCCN(CCO)CCO. The Hall–Kier alpha value is -0.240. The van der Waals surface area contributed by atoms with Crippen LogP contribution in [0.5, 0.6) is 0 Å². The van der Waals surface area contributed by atoms with Gasteiger partial charge in [0.05, 0.1) is 25.9 Å². The van der Waals surface area contributed by atoms with Gasteiger partial charge in [-0.3, -0.25) is 4.90 Å². The minimum Gasteiger partial charge on any atom is -0.395 e. The Bertz CT molecular complexity index is 100. The van der Waals surface area contributed by atoms with Crippen LogP contribution in [0.1, 0.15) is 6.92 Å². The summed E-state index contributed by atoms with van der Waals surface area (Å²) in [6.07, 6.45) is -0.338. The first-order valence-electron chi connectivity index (χ1n) is 5.05. The molecule has 0 aliphatic rings. The molecule has 0 fully saturated rings. The van der Waals surface area contributed by atoms with Gasteiger partial charge >= 0.3 is 0 Å². The third-order valence-corrected chi connectivity index (χ3v) is 1.59. The lowest BCUT2D eigenvalue weighted by molar-refractivity contribution is 0.136. The zero-order chi connectivity index (χ0) is 12.1. The summed E-state index contributed by atoms with van der Waals surface area (Å²) in [7, 11) is 0. The summed E-state index contributed by atoms with van der Waals surface area (Å²) in [5.41, 5.74) is 4.92. The van der Waals surface area contributed by atoms with Gasteiger partial charge in [-0.2, -0.15) is 0 Å². The number of aliphatic hydroxyl groups excluding tert-OH is 4. The van der Waals surface area contributed by atoms with E-state index in [2.05, 4.69) is 0 Å². The number of rotatable bonds is 7. The van der Waals surface area contributed by atoms with Gasteiger partial charge in [-0.05, 0) is 6.92 Å². The molecule has 1 unspecified atom stereocenters. The van der Waals surface area contributed by atoms with Crippen molar-refractivity contribution in [2.24, 2.45) is 5.73 Å². The number of hydrogen-bond donors (Lipinski definition) is 5. The lowest BCUT2D eigenvalue weighted by Gasteiger charge is -2.17. The molecule has 0 aliphatic heterocycles. The number of aliphatic hydroxyl groups is 4. The number of nitrogens with two attached hydrogens (primary N) is 1. The molecular formula is C9H24N2O4. The Kier molecular flexibility index (Phi) is 15.7. The van der Waals surface area contributed by atoms with Crippen molar-refractivity contribution in [3.05, 3.63) is 0 Å². The van der Waals surface area contributed by atoms with E-state index in [4.69, 9.17) is 26.2 Å². The Morgan fingerprint density at radius 1 is 1.00 bits per heavy atom. The van der Waals surface area contributed by atoms with Crippen molar-refractivity contribution in [1.82, 2.24) is 4.90 Å². The molecule has 0 aromatic rings. The van der Waals surface area contributed by atoms with Gasteiger partial charge in [0.25, 0.3) is 0 Å². The van der Waals surface area contributed by atoms with Gasteiger partial charge in [0.15, 0.2) is 0 Å². The molecule has 6 N–H and O–H groups in total. The van der Waals surface area contributed by atoms with Crippen molar-refractivity contribution >= 4 is 0 Å². The van der Waals surface area contributed by atoms with Gasteiger partial charge in [-0.1, -0.05) is 0 Å². The quantitative estimate of drug-likeness (QED) is 0.329. The lowest BCUT2D eigenvalue weighted by atomic mass is 10.4. The third-order valence-electron chi connectivity index (χ3n) is 1.59. The molecule has 0 bridgehead atoms. The van der Waals surface area contributed by atoms with Gasteiger partial charge in [0, 0.05) is 26.2 Å². The topological polar surface area (TPSA) is 110 Å². The number of hydrogen-bond acceptors (Lipinski definition) is 6. The summed E-state index contributed by atoms with van der Waals surface area (Å²) in [4.78, 5) is 1.79. The fourth-order valence-corrected chi connectivity index (χ4v) is 0.760. The maximum atomic E-state index is 8.48. The molecule has 0 aromatic heterocycles. The zero-order valence-corrected chi connectivity index (χ0v) is 9.34. The average Bonchev–Trinajstić information content (AvgIpc) is 2.20. The predicted octanol–water partition coefficient (Wildman–Crippen LogP) is -2.41. The van der Waals surface area contributed by atoms with Crippen molar-refractivity contribution in [3.63, 3.8) is 0 Å². The molecule has 0 amide bonds. The molecule has 0 radical (unpaired) electrons. The largest absolute Gasteiger partial charge is 0.395 e. The first-order chi connectivity index (χ1) is 7.12. The second-order valence-corrected chi connectivity index (χ2v) is 3.10. The van der Waals surface area contributed by atoms with Crippen LogP contribution in [-0.2, 0) is 0 Å². The predicted molar refractivity (Wildman–Crippen MR) is 58.4 cm³/mol. The highest BCUT2D eigenvalue weighted by atomic mass is 16.3. The first kappa shape index (κ1) is 17.2. The van der Waals surface area contributed by atoms with E-state index in [0.717, 1.165) is 0 Å². The van der Waals surface area contributed by atoms with Gasteiger partial charge in [0.1, 0.15) is 0 Å². The second kappa shape index (κ2) is 13.8. The highest BCUT2D eigenvalue weighted by molar-refractivity contribution is 4.54. The fourth-order valence-electron chi connectivity index (χ4n) is 0.760. The molecular weight excluding hydrogens is 200 g/mol. The third kappa shape index (κ3) is 16.4. The molecule has 15 heavy (non-hydrogen) atoms. The normalized spacial score (nSPS) is 12.2. The Morgan fingerprint density at radius 2 is 1.27 bits per heavy atom. The Morgan fingerprint density at radius 3 is 1.40 bits per heavy atom. The summed E-state index contributed by atoms with van der Waals surface area (Å²) < 4.78 is 0. The molecule has 0 rings (SSSR count). The van der Waals surface area contributed by atoms with Gasteiger partial charge < -0.3 is 26.2 Å². The van der Waals surface area contributed by atoms with Crippen LogP contribution in [0.15, 0.2) is 0 Å². The molecule has 0 saturated heterocycles. The van der Waals surface area contributed by atoms with Crippen molar-refractivity contribution in [3.8, 4) is 0 Å². The molecule has 1 atom stereocenters. The Balaban J connectivity index is 0. The van der Waals surface area contributed by atoms with E-state index in [1.54, 1.807) is 11.8 Å². The molecule has 0 heterocycles. The average molecular weight is 224 g/mol. The van der Waals surface area contributed by atoms with Crippen LogP contribution in [0.4, 0.5) is 0 Å². The maximum absolute atomic E-state index is 8.48. The molecule has 0 aromatic carbocycles. The summed E-state index contributed by atoms with van der Waals surface area (Å²) in [5, 5.41) is 33.7. The van der Waals surface area contributed by atoms with Crippen LogP contribution in [-0.4, -0.2) is 77.4 Å². The van der Waals surface area contributed by atoms with Crippen LogP contribution < -0.4 is 5.73 Å². The van der Waals surface area contributed by atoms with Crippen LogP contribution in [0.25, 0.3) is 0 Å².